The zero-order valence-electron chi connectivity index (χ0n) is 12.6. The summed E-state index contributed by atoms with van der Waals surface area (Å²) in [4.78, 5) is 17.7. The highest BCUT2D eigenvalue weighted by Crippen LogP contribution is 2.35. The number of nitrogens with zero attached hydrogens (tertiary/aromatic N) is 1. The number of H-pyrrole nitrogens is 1. The van der Waals surface area contributed by atoms with Crippen LogP contribution in [0.15, 0.2) is 28.9 Å². The number of methoxy groups -OCH3 is 1. The van der Waals surface area contributed by atoms with Crippen molar-refractivity contribution in [1.82, 2.24) is 9.88 Å². The van der Waals surface area contributed by atoms with E-state index in [9.17, 15) is 9.18 Å². The van der Waals surface area contributed by atoms with E-state index < -0.39 is 5.82 Å². The smallest absolute Gasteiger partial charge is 0.227 e. The van der Waals surface area contributed by atoms with E-state index >= 15 is 0 Å². The van der Waals surface area contributed by atoms with Gasteiger partial charge in [0.25, 0.3) is 0 Å². The molecule has 0 radical (unpaired) electrons. The highest BCUT2D eigenvalue weighted by atomic mass is 79.9. The maximum atomic E-state index is 13.8. The molecule has 23 heavy (non-hydrogen) atoms. The number of nitrogens with one attached hydrogen (secondary N) is 1. The van der Waals surface area contributed by atoms with E-state index in [1.807, 2.05) is 4.90 Å². The van der Waals surface area contributed by atoms with Gasteiger partial charge in [-0.2, -0.15) is 0 Å². The number of halogens is 2. The van der Waals surface area contributed by atoms with Crippen LogP contribution >= 0.6 is 15.9 Å². The number of aromatic nitrogens is 1. The van der Waals surface area contributed by atoms with Crippen LogP contribution < -0.4 is 4.74 Å². The van der Waals surface area contributed by atoms with E-state index in [1.165, 1.54) is 13.2 Å². The number of carbonyl (C=O) groups excluding carboxylic acids is 1. The molecule has 120 valence electrons. The number of benzene rings is 1. The van der Waals surface area contributed by atoms with Crippen molar-refractivity contribution in [2.24, 2.45) is 5.92 Å². The van der Waals surface area contributed by atoms with Crippen LogP contribution in [0.2, 0.25) is 0 Å². The zero-order chi connectivity index (χ0) is 16.1. The molecule has 1 N–H and O–H groups in total. The van der Waals surface area contributed by atoms with Crippen LogP contribution in [0.4, 0.5) is 4.39 Å². The molecule has 2 heterocycles. The highest BCUT2D eigenvalue weighted by Gasteiger charge is 2.36. The largest absolute Gasteiger partial charge is 0.494 e. The predicted octanol–water partition coefficient (Wildman–Crippen LogP) is 3.41. The molecule has 0 saturated carbocycles. The maximum Gasteiger partial charge on any atom is 0.227 e. The average molecular weight is 379 g/mol. The summed E-state index contributed by atoms with van der Waals surface area (Å²) < 4.78 is 19.6. The summed E-state index contributed by atoms with van der Waals surface area (Å²) in [5.41, 5.74) is 1.50. The van der Waals surface area contributed by atoms with Gasteiger partial charge >= 0.3 is 0 Å². The Morgan fingerprint density at radius 2 is 2.30 bits per heavy atom. The summed E-state index contributed by atoms with van der Waals surface area (Å²) in [7, 11) is 1.43. The Morgan fingerprint density at radius 1 is 1.48 bits per heavy atom. The molecule has 4 nitrogen and oxygen atoms in total. The van der Waals surface area contributed by atoms with E-state index in [1.54, 1.807) is 6.07 Å². The number of aromatic amines is 1. The Morgan fingerprint density at radius 3 is 2.96 bits per heavy atom. The van der Waals surface area contributed by atoms with Crippen LogP contribution in [0.3, 0.4) is 0 Å². The summed E-state index contributed by atoms with van der Waals surface area (Å²) in [6, 6.07) is 3.28. The topological polar surface area (TPSA) is 45.3 Å². The summed E-state index contributed by atoms with van der Waals surface area (Å²) in [6.07, 6.45) is 5.64. The number of ether oxygens (including phenoxy) is 1. The normalized spacial score (nSPS) is 22.3. The predicted molar refractivity (Wildman–Crippen MR) is 89.0 cm³/mol. The number of amides is 1. The third kappa shape index (κ3) is 2.36. The summed E-state index contributed by atoms with van der Waals surface area (Å²) in [5.74, 6) is 0.366. The van der Waals surface area contributed by atoms with Crippen molar-refractivity contribution in [1.29, 1.82) is 0 Å². The molecule has 1 fully saturated rings. The van der Waals surface area contributed by atoms with Gasteiger partial charge in [0.1, 0.15) is 0 Å². The van der Waals surface area contributed by atoms with Gasteiger partial charge in [-0.15, -0.1) is 0 Å². The molecule has 1 amide bonds. The molecule has 0 unspecified atom stereocenters. The maximum absolute atomic E-state index is 13.8. The molecule has 1 saturated heterocycles. The standard InChI is InChI=1S/C17H16BrFN2O2/c1-23-15-5-11-12(17(18)20-14(11)7-13(15)19)6-16(22)21-8-9-2-3-10(21)4-9/h2-3,5,7,9-10,20H,4,6,8H2,1H3/t9-,10+/m0/s1. The van der Waals surface area contributed by atoms with E-state index in [2.05, 4.69) is 33.1 Å². The Bertz CT molecular complexity index is 830. The van der Waals surface area contributed by atoms with Gasteiger partial charge in [0.15, 0.2) is 11.6 Å². The van der Waals surface area contributed by atoms with Crippen molar-refractivity contribution < 1.29 is 13.9 Å². The van der Waals surface area contributed by atoms with Gasteiger partial charge in [0.2, 0.25) is 5.91 Å². The number of carbonyl (C=O) groups is 1. The van der Waals surface area contributed by atoms with E-state index in [0.29, 0.717) is 16.0 Å². The highest BCUT2D eigenvalue weighted by molar-refractivity contribution is 9.10. The number of fused-ring (bicyclic) bond motifs is 3. The van der Waals surface area contributed by atoms with Crippen LogP contribution in [0.1, 0.15) is 12.0 Å². The lowest BCUT2D eigenvalue weighted by Gasteiger charge is -2.24. The lowest BCUT2D eigenvalue weighted by Crippen LogP contribution is -2.36. The third-order valence-corrected chi connectivity index (χ3v) is 5.43. The van der Waals surface area contributed by atoms with Crippen molar-refractivity contribution in [2.45, 2.75) is 18.9 Å². The van der Waals surface area contributed by atoms with Gasteiger partial charge in [-0.3, -0.25) is 4.79 Å². The summed E-state index contributed by atoms with van der Waals surface area (Å²) in [6.45, 7) is 0.803. The fourth-order valence-corrected chi connectivity index (χ4v) is 4.16. The molecule has 6 heteroatoms. The van der Waals surface area contributed by atoms with Gasteiger partial charge in [-0.1, -0.05) is 12.2 Å². The molecule has 1 aromatic carbocycles. The summed E-state index contributed by atoms with van der Waals surface area (Å²) >= 11 is 3.46. The first-order valence-corrected chi connectivity index (χ1v) is 8.37. The van der Waals surface area contributed by atoms with Crippen molar-refractivity contribution >= 4 is 32.7 Å². The molecule has 1 aliphatic heterocycles. The Kier molecular flexibility index (Phi) is 3.44. The fourth-order valence-electron chi connectivity index (χ4n) is 3.59. The number of likely N-dealkylation sites (tertiary alicyclic amines) is 1. The van der Waals surface area contributed by atoms with Crippen molar-refractivity contribution in [3.8, 4) is 5.75 Å². The quantitative estimate of drug-likeness (QED) is 0.831. The molecule has 1 aromatic heterocycles. The van der Waals surface area contributed by atoms with Crippen molar-refractivity contribution in [3.05, 3.63) is 40.3 Å². The van der Waals surface area contributed by atoms with E-state index in [0.717, 1.165) is 23.9 Å². The molecule has 2 aromatic rings. The molecule has 2 bridgehead atoms. The van der Waals surface area contributed by atoms with Crippen LogP contribution in [0.5, 0.6) is 5.75 Å². The Labute approximate surface area is 141 Å². The molecule has 2 aliphatic rings. The second-order valence-corrected chi connectivity index (χ2v) is 6.91. The Balaban J connectivity index is 1.67. The second-order valence-electron chi connectivity index (χ2n) is 6.12. The van der Waals surface area contributed by atoms with Crippen LogP contribution in [-0.4, -0.2) is 35.5 Å². The van der Waals surface area contributed by atoms with E-state index in [-0.39, 0.29) is 24.1 Å². The molecular weight excluding hydrogens is 363 g/mol. The second kappa shape index (κ2) is 5.37. The number of hydrogen-bond acceptors (Lipinski definition) is 2. The van der Waals surface area contributed by atoms with Gasteiger partial charge in [0.05, 0.1) is 24.2 Å². The summed E-state index contributed by atoms with van der Waals surface area (Å²) in [5, 5.41) is 0.809. The third-order valence-electron chi connectivity index (χ3n) is 4.76. The van der Waals surface area contributed by atoms with Gasteiger partial charge < -0.3 is 14.6 Å². The minimum Gasteiger partial charge on any atom is -0.494 e. The van der Waals surface area contributed by atoms with Crippen LogP contribution in [-0.2, 0) is 11.2 Å². The molecule has 0 spiro atoms. The van der Waals surface area contributed by atoms with Gasteiger partial charge in [0, 0.05) is 29.1 Å². The SMILES string of the molecule is COc1cc2c(CC(=O)N3C[C@H]4C=C[C@@H]3C4)c(Br)[nH]c2cc1F. The van der Waals surface area contributed by atoms with Crippen LogP contribution in [0.25, 0.3) is 10.9 Å². The molecule has 2 atom stereocenters. The number of rotatable bonds is 3. The first-order chi connectivity index (χ1) is 11.1. The Hall–Kier alpha value is -1.82. The minimum absolute atomic E-state index is 0.103. The van der Waals surface area contributed by atoms with Gasteiger partial charge in [-0.05, 0) is 34.3 Å². The minimum atomic E-state index is -0.423. The lowest BCUT2D eigenvalue weighted by molar-refractivity contribution is -0.130. The fraction of sp³-hybridized carbons (Fsp3) is 0.353. The van der Waals surface area contributed by atoms with E-state index in [4.69, 9.17) is 4.74 Å². The van der Waals surface area contributed by atoms with Crippen LogP contribution in [0, 0.1) is 11.7 Å². The number of hydrogen-bond donors (Lipinski definition) is 1. The first kappa shape index (κ1) is 14.8. The molecule has 1 aliphatic carbocycles. The first-order valence-electron chi connectivity index (χ1n) is 7.58. The molecule has 4 rings (SSSR count). The zero-order valence-corrected chi connectivity index (χ0v) is 14.2. The van der Waals surface area contributed by atoms with Gasteiger partial charge in [-0.25, -0.2) is 4.39 Å². The molecular formula is C17H16BrFN2O2. The van der Waals surface area contributed by atoms with Crippen molar-refractivity contribution in [2.75, 3.05) is 13.7 Å². The lowest BCUT2D eigenvalue weighted by atomic mass is 10.1. The monoisotopic (exact) mass is 378 g/mol. The van der Waals surface area contributed by atoms with Crippen molar-refractivity contribution in [3.63, 3.8) is 0 Å². The average Bonchev–Trinajstić information content (AvgIpc) is 3.22.